The van der Waals surface area contributed by atoms with Gasteiger partial charge in [-0.05, 0) is 24.1 Å². The van der Waals surface area contributed by atoms with E-state index in [4.69, 9.17) is 5.73 Å². The zero-order valence-corrected chi connectivity index (χ0v) is 8.70. The maximum absolute atomic E-state index is 5.74. The smallest absolute Gasteiger partial charge is 0.132 e. The molecular weight excluding hydrogens is 188 g/mol. The van der Waals surface area contributed by atoms with Gasteiger partial charge in [-0.15, -0.1) is 0 Å². The molecule has 3 rings (SSSR count). The molecule has 2 heterocycles. The Balaban J connectivity index is 2.23. The van der Waals surface area contributed by atoms with Crippen LogP contribution < -0.4 is 11.1 Å². The normalized spacial score (nSPS) is 19.9. The fourth-order valence-electron chi connectivity index (χ4n) is 2.10. The van der Waals surface area contributed by atoms with Crippen LogP contribution in [0.25, 0.3) is 10.9 Å². The van der Waals surface area contributed by atoms with Gasteiger partial charge in [0.1, 0.15) is 5.82 Å². The SMILES string of the molecule is CC1CNc2c3ccc(N)cc3nn2C1. The molecule has 1 aromatic heterocycles. The minimum Gasteiger partial charge on any atom is -0.399 e. The van der Waals surface area contributed by atoms with Crippen molar-refractivity contribution in [3.63, 3.8) is 0 Å². The lowest BCUT2D eigenvalue weighted by Crippen LogP contribution is -2.25. The summed E-state index contributed by atoms with van der Waals surface area (Å²) in [5.74, 6) is 1.76. The minimum absolute atomic E-state index is 0.629. The van der Waals surface area contributed by atoms with E-state index in [1.807, 2.05) is 22.9 Å². The molecule has 1 atom stereocenters. The van der Waals surface area contributed by atoms with Crippen molar-refractivity contribution < 1.29 is 0 Å². The van der Waals surface area contributed by atoms with Crippen molar-refractivity contribution in [1.29, 1.82) is 0 Å². The molecule has 1 aromatic carbocycles. The monoisotopic (exact) mass is 202 g/mol. The van der Waals surface area contributed by atoms with Crippen molar-refractivity contribution in [3.05, 3.63) is 18.2 Å². The first kappa shape index (κ1) is 8.59. The molecule has 15 heavy (non-hydrogen) atoms. The van der Waals surface area contributed by atoms with Gasteiger partial charge >= 0.3 is 0 Å². The Kier molecular flexibility index (Phi) is 1.65. The predicted molar refractivity (Wildman–Crippen MR) is 61.8 cm³/mol. The summed E-state index contributed by atoms with van der Waals surface area (Å²) in [5.41, 5.74) is 7.49. The summed E-state index contributed by atoms with van der Waals surface area (Å²) in [6, 6.07) is 5.88. The number of fused-ring (bicyclic) bond motifs is 3. The molecule has 0 aliphatic carbocycles. The number of nitrogen functional groups attached to an aromatic ring is 1. The maximum Gasteiger partial charge on any atom is 0.132 e. The molecule has 1 unspecified atom stereocenters. The van der Waals surface area contributed by atoms with E-state index in [0.717, 1.165) is 35.5 Å². The number of hydrogen-bond acceptors (Lipinski definition) is 3. The molecule has 1 aliphatic rings. The number of anilines is 2. The second-order valence-electron chi connectivity index (χ2n) is 4.29. The fourth-order valence-corrected chi connectivity index (χ4v) is 2.10. The van der Waals surface area contributed by atoms with E-state index in [9.17, 15) is 0 Å². The van der Waals surface area contributed by atoms with E-state index in [0.29, 0.717) is 5.92 Å². The van der Waals surface area contributed by atoms with E-state index < -0.39 is 0 Å². The summed E-state index contributed by atoms with van der Waals surface area (Å²) >= 11 is 0. The Labute approximate surface area is 88.1 Å². The molecule has 0 fully saturated rings. The lowest BCUT2D eigenvalue weighted by atomic mass is 10.1. The van der Waals surface area contributed by atoms with E-state index in [1.54, 1.807) is 0 Å². The Hall–Kier alpha value is -1.71. The van der Waals surface area contributed by atoms with Gasteiger partial charge in [0.25, 0.3) is 0 Å². The summed E-state index contributed by atoms with van der Waals surface area (Å²) in [7, 11) is 0. The van der Waals surface area contributed by atoms with Gasteiger partial charge < -0.3 is 11.1 Å². The third-order valence-corrected chi connectivity index (χ3v) is 2.87. The van der Waals surface area contributed by atoms with Crippen LogP contribution in [0.4, 0.5) is 11.5 Å². The van der Waals surface area contributed by atoms with Crippen LogP contribution in [0.2, 0.25) is 0 Å². The average Bonchev–Trinajstić information content (AvgIpc) is 2.53. The van der Waals surface area contributed by atoms with Crippen molar-refractivity contribution in [2.75, 3.05) is 17.6 Å². The van der Waals surface area contributed by atoms with Crippen molar-refractivity contribution >= 4 is 22.4 Å². The van der Waals surface area contributed by atoms with Gasteiger partial charge in [-0.2, -0.15) is 5.10 Å². The fraction of sp³-hybridized carbons (Fsp3) is 0.364. The molecule has 0 radical (unpaired) electrons. The Morgan fingerprint density at radius 2 is 2.40 bits per heavy atom. The number of benzene rings is 1. The van der Waals surface area contributed by atoms with E-state index >= 15 is 0 Å². The quantitative estimate of drug-likeness (QED) is 0.639. The lowest BCUT2D eigenvalue weighted by molar-refractivity contribution is 0.448. The number of hydrogen-bond donors (Lipinski definition) is 2. The average molecular weight is 202 g/mol. The van der Waals surface area contributed by atoms with Crippen LogP contribution in [-0.4, -0.2) is 16.3 Å². The maximum atomic E-state index is 5.74. The van der Waals surface area contributed by atoms with Crippen LogP contribution in [0.5, 0.6) is 0 Å². The number of nitrogens with one attached hydrogen (secondary N) is 1. The first-order chi connectivity index (χ1) is 7.24. The van der Waals surface area contributed by atoms with E-state index in [-0.39, 0.29) is 0 Å². The highest BCUT2D eigenvalue weighted by atomic mass is 15.3. The van der Waals surface area contributed by atoms with E-state index in [2.05, 4.69) is 17.3 Å². The predicted octanol–water partition coefficient (Wildman–Crippen LogP) is 1.68. The van der Waals surface area contributed by atoms with Crippen LogP contribution in [-0.2, 0) is 6.54 Å². The number of nitrogens with zero attached hydrogens (tertiary/aromatic N) is 2. The number of rotatable bonds is 0. The number of aromatic nitrogens is 2. The topological polar surface area (TPSA) is 55.9 Å². The van der Waals surface area contributed by atoms with Gasteiger partial charge in [0, 0.05) is 24.2 Å². The molecule has 0 bridgehead atoms. The zero-order chi connectivity index (χ0) is 10.4. The highest BCUT2D eigenvalue weighted by Gasteiger charge is 2.18. The van der Waals surface area contributed by atoms with Gasteiger partial charge in [-0.1, -0.05) is 6.92 Å². The molecule has 0 spiro atoms. The minimum atomic E-state index is 0.629. The van der Waals surface area contributed by atoms with E-state index in [1.165, 1.54) is 0 Å². The summed E-state index contributed by atoms with van der Waals surface area (Å²) < 4.78 is 2.04. The second-order valence-corrected chi connectivity index (χ2v) is 4.29. The van der Waals surface area contributed by atoms with Crippen LogP contribution in [0.1, 0.15) is 6.92 Å². The van der Waals surface area contributed by atoms with Gasteiger partial charge in [0.15, 0.2) is 0 Å². The first-order valence-corrected chi connectivity index (χ1v) is 5.24. The van der Waals surface area contributed by atoms with Gasteiger partial charge in [-0.3, -0.25) is 0 Å². The number of nitrogens with two attached hydrogens (primary N) is 1. The van der Waals surface area contributed by atoms with Gasteiger partial charge in [0.05, 0.1) is 5.52 Å². The standard InChI is InChI=1S/C11H14N4/c1-7-5-13-11-9-3-2-8(12)4-10(9)14-15(11)6-7/h2-4,7,13H,5-6,12H2,1H3. The summed E-state index contributed by atoms with van der Waals surface area (Å²) in [6.07, 6.45) is 0. The summed E-state index contributed by atoms with van der Waals surface area (Å²) in [5, 5.41) is 9.12. The summed E-state index contributed by atoms with van der Waals surface area (Å²) in [6.45, 7) is 4.22. The molecule has 0 saturated carbocycles. The van der Waals surface area contributed by atoms with Crippen LogP contribution in [0, 0.1) is 5.92 Å². The highest BCUT2D eigenvalue weighted by molar-refractivity contribution is 5.92. The Morgan fingerprint density at radius 3 is 3.27 bits per heavy atom. The molecule has 1 aliphatic heterocycles. The molecule has 4 nitrogen and oxygen atoms in total. The second kappa shape index (κ2) is 2.89. The van der Waals surface area contributed by atoms with Crippen molar-refractivity contribution in [2.45, 2.75) is 13.5 Å². The van der Waals surface area contributed by atoms with Gasteiger partial charge in [-0.25, -0.2) is 4.68 Å². The van der Waals surface area contributed by atoms with Crippen LogP contribution in [0.3, 0.4) is 0 Å². The third-order valence-electron chi connectivity index (χ3n) is 2.87. The zero-order valence-electron chi connectivity index (χ0n) is 8.70. The van der Waals surface area contributed by atoms with Crippen LogP contribution in [0.15, 0.2) is 18.2 Å². The third kappa shape index (κ3) is 1.25. The van der Waals surface area contributed by atoms with Gasteiger partial charge in [0.2, 0.25) is 0 Å². The molecule has 4 heteroatoms. The van der Waals surface area contributed by atoms with Crippen LogP contribution >= 0.6 is 0 Å². The molecule has 0 amide bonds. The molecular formula is C11H14N4. The van der Waals surface area contributed by atoms with Crippen molar-refractivity contribution in [1.82, 2.24) is 9.78 Å². The highest BCUT2D eigenvalue weighted by Crippen LogP contribution is 2.28. The van der Waals surface area contributed by atoms with Crippen molar-refractivity contribution in [2.24, 2.45) is 5.92 Å². The molecule has 3 N–H and O–H groups in total. The molecule has 0 saturated heterocycles. The molecule has 78 valence electrons. The van der Waals surface area contributed by atoms with Crippen molar-refractivity contribution in [3.8, 4) is 0 Å². The first-order valence-electron chi connectivity index (χ1n) is 5.24. The Bertz CT molecular complexity index is 515. The largest absolute Gasteiger partial charge is 0.399 e. The molecule has 2 aromatic rings. The summed E-state index contributed by atoms with van der Waals surface area (Å²) in [4.78, 5) is 0. The lowest BCUT2D eigenvalue weighted by Gasteiger charge is -2.21. The Morgan fingerprint density at radius 1 is 1.53 bits per heavy atom.